The van der Waals surface area contributed by atoms with Gasteiger partial charge < -0.3 is 0 Å². The number of benzene rings is 1. The maximum absolute atomic E-state index is 12.4. The summed E-state index contributed by atoms with van der Waals surface area (Å²) in [6.45, 7) is 4.04. The fourth-order valence-corrected chi connectivity index (χ4v) is 4.37. The molecule has 1 amide bonds. The van der Waals surface area contributed by atoms with Gasteiger partial charge in [-0.3, -0.25) is 4.79 Å². The van der Waals surface area contributed by atoms with E-state index in [1.54, 1.807) is 36.5 Å². The van der Waals surface area contributed by atoms with Gasteiger partial charge in [0, 0.05) is 20.5 Å². The third-order valence-electron chi connectivity index (χ3n) is 4.20. The fourth-order valence-electron chi connectivity index (χ4n) is 2.84. The minimum absolute atomic E-state index is 0.181. The Kier molecular flexibility index (Phi) is 5.28. The lowest BCUT2D eigenvalue weighted by molar-refractivity contribution is 0.0959. The molecule has 0 bridgehead atoms. The van der Waals surface area contributed by atoms with Gasteiger partial charge in [-0.2, -0.15) is 5.10 Å². The summed E-state index contributed by atoms with van der Waals surface area (Å²) in [4.78, 5) is 14.4. The van der Waals surface area contributed by atoms with Gasteiger partial charge in [0.05, 0.1) is 10.6 Å². The Morgan fingerprint density at radius 2 is 2.12 bits per heavy atom. The van der Waals surface area contributed by atoms with E-state index in [4.69, 9.17) is 23.2 Å². The molecule has 0 fully saturated rings. The van der Waals surface area contributed by atoms with Gasteiger partial charge in [-0.15, -0.1) is 11.3 Å². The minimum atomic E-state index is -0.181. The van der Waals surface area contributed by atoms with Crippen molar-refractivity contribution in [3.63, 3.8) is 0 Å². The molecule has 1 N–H and O–H groups in total. The number of amides is 1. The van der Waals surface area contributed by atoms with E-state index in [1.165, 1.54) is 16.9 Å². The average Bonchev–Trinajstić information content (AvgIpc) is 2.97. The summed E-state index contributed by atoms with van der Waals surface area (Å²) in [6.07, 6.45) is 3.31. The van der Waals surface area contributed by atoms with Crippen LogP contribution in [0.5, 0.6) is 0 Å². The van der Waals surface area contributed by atoms with Crippen molar-refractivity contribution in [1.82, 2.24) is 5.43 Å². The molecule has 1 atom stereocenters. The molecule has 0 saturated heterocycles. The van der Waals surface area contributed by atoms with Gasteiger partial charge in [0.15, 0.2) is 0 Å². The van der Waals surface area contributed by atoms with Crippen LogP contribution in [-0.4, -0.2) is 11.6 Å². The molecular weight excluding hydrogens is 363 g/mol. The number of rotatable bonds is 3. The molecule has 3 rings (SSSR count). The monoisotopic (exact) mass is 380 g/mol. The highest BCUT2D eigenvalue weighted by Crippen LogP contribution is 2.32. The van der Waals surface area contributed by atoms with E-state index in [0.29, 0.717) is 32.1 Å². The molecule has 0 saturated carbocycles. The molecule has 126 valence electrons. The first kappa shape index (κ1) is 17.5. The van der Waals surface area contributed by atoms with E-state index in [2.05, 4.69) is 17.5 Å². The Bertz CT molecular complexity index is 813. The summed E-state index contributed by atoms with van der Waals surface area (Å²) in [5, 5.41) is 5.30. The molecule has 1 aromatic heterocycles. The SMILES string of the molecule is C/C(=N/NC(=O)c1cc2c(s1)CC[C@@H](C)C2)c1cc(Cl)ccc1Cl. The summed E-state index contributed by atoms with van der Waals surface area (Å²) in [7, 11) is 0. The minimum Gasteiger partial charge on any atom is -0.266 e. The number of hydrazone groups is 1. The number of halogens is 2. The first-order valence-electron chi connectivity index (χ1n) is 7.85. The molecule has 1 aliphatic carbocycles. The Hall–Kier alpha value is -1.36. The van der Waals surface area contributed by atoms with Crippen LogP contribution in [0, 0.1) is 5.92 Å². The van der Waals surface area contributed by atoms with Crippen molar-refractivity contribution in [3.05, 3.63) is 55.2 Å². The largest absolute Gasteiger partial charge is 0.281 e. The van der Waals surface area contributed by atoms with Gasteiger partial charge in [0.25, 0.3) is 5.91 Å². The lowest BCUT2D eigenvalue weighted by atomic mass is 9.90. The van der Waals surface area contributed by atoms with E-state index in [9.17, 15) is 4.79 Å². The number of thiophene rings is 1. The highest BCUT2D eigenvalue weighted by atomic mass is 35.5. The zero-order chi connectivity index (χ0) is 17.3. The number of fused-ring (bicyclic) bond motifs is 1. The molecule has 1 aliphatic rings. The van der Waals surface area contributed by atoms with Crippen molar-refractivity contribution in [2.45, 2.75) is 33.1 Å². The van der Waals surface area contributed by atoms with Gasteiger partial charge in [-0.05, 0) is 61.9 Å². The predicted molar refractivity (Wildman–Crippen MR) is 102 cm³/mol. The van der Waals surface area contributed by atoms with Crippen molar-refractivity contribution < 1.29 is 4.79 Å². The van der Waals surface area contributed by atoms with E-state index >= 15 is 0 Å². The molecular formula is C18H18Cl2N2OS. The molecule has 0 unspecified atom stereocenters. The van der Waals surface area contributed by atoms with Crippen LogP contribution >= 0.6 is 34.5 Å². The van der Waals surface area contributed by atoms with Crippen molar-refractivity contribution in [3.8, 4) is 0 Å². The zero-order valence-corrected chi connectivity index (χ0v) is 15.9. The fraction of sp³-hybridized carbons (Fsp3) is 0.333. The maximum Gasteiger partial charge on any atom is 0.281 e. The molecule has 2 aromatic rings. The Morgan fingerprint density at radius 1 is 1.33 bits per heavy atom. The topological polar surface area (TPSA) is 41.5 Å². The van der Waals surface area contributed by atoms with Gasteiger partial charge >= 0.3 is 0 Å². The van der Waals surface area contributed by atoms with Crippen LogP contribution in [0.25, 0.3) is 0 Å². The van der Waals surface area contributed by atoms with Crippen LogP contribution in [0.2, 0.25) is 10.0 Å². The molecule has 1 heterocycles. The summed E-state index contributed by atoms with van der Waals surface area (Å²) in [5.41, 5.74) is 5.26. The van der Waals surface area contributed by atoms with Crippen molar-refractivity contribution in [2.24, 2.45) is 11.0 Å². The van der Waals surface area contributed by atoms with E-state index in [-0.39, 0.29) is 5.91 Å². The molecule has 3 nitrogen and oxygen atoms in total. The van der Waals surface area contributed by atoms with Crippen LogP contribution in [0.4, 0.5) is 0 Å². The number of aryl methyl sites for hydroxylation is 1. The van der Waals surface area contributed by atoms with Crippen LogP contribution in [0.3, 0.4) is 0 Å². The average molecular weight is 381 g/mol. The van der Waals surface area contributed by atoms with Gasteiger partial charge in [-0.1, -0.05) is 30.1 Å². The third kappa shape index (κ3) is 3.82. The van der Waals surface area contributed by atoms with E-state index in [0.717, 1.165) is 12.8 Å². The summed E-state index contributed by atoms with van der Waals surface area (Å²) in [6, 6.07) is 7.17. The number of hydrogen-bond donors (Lipinski definition) is 1. The highest BCUT2D eigenvalue weighted by Gasteiger charge is 2.20. The Labute approximate surface area is 155 Å². The second-order valence-corrected chi connectivity index (χ2v) is 8.15. The first-order chi connectivity index (χ1) is 11.4. The van der Waals surface area contributed by atoms with Gasteiger partial charge in [0.2, 0.25) is 0 Å². The Balaban J connectivity index is 1.74. The maximum atomic E-state index is 12.4. The van der Waals surface area contributed by atoms with Crippen LogP contribution in [0.15, 0.2) is 29.4 Å². The molecule has 0 aliphatic heterocycles. The third-order valence-corrected chi connectivity index (χ3v) is 6.00. The highest BCUT2D eigenvalue weighted by molar-refractivity contribution is 7.14. The second kappa shape index (κ2) is 7.26. The van der Waals surface area contributed by atoms with E-state index < -0.39 is 0 Å². The van der Waals surface area contributed by atoms with E-state index in [1.807, 2.05) is 6.07 Å². The molecule has 6 heteroatoms. The Morgan fingerprint density at radius 3 is 2.92 bits per heavy atom. The summed E-state index contributed by atoms with van der Waals surface area (Å²) < 4.78 is 0. The van der Waals surface area contributed by atoms with Gasteiger partial charge in [-0.25, -0.2) is 5.43 Å². The van der Waals surface area contributed by atoms with Crippen molar-refractivity contribution in [2.75, 3.05) is 0 Å². The number of nitrogens with one attached hydrogen (secondary N) is 1. The van der Waals surface area contributed by atoms with Crippen LogP contribution in [0.1, 0.15) is 45.9 Å². The summed E-state index contributed by atoms with van der Waals surface area (Å²) in [5.74, 6) is 0.507. The second-order valence-electron chi connectivity index (χ2n) is 6.17. The lowest BCUT2D eigenvalue weighted by Gasteiger charge is -2.16. The normalized spacial score (nSPS) is 17.5. The number of carbonyl (C=O) groups excluding carboxylic acids is 1. The standard InChI is InChI=1S/C18H18Cl2N2OS/c1-10-3-6-16-12(7-10)8-17(24-16)18(23)22-21-11(2)14-9-13(19)4-5-15(14)20/h4-5,8-10H,3,6-7H2,1-2H3,(H,22,23)/b21-11-/t10-/m1/s1. The smallest absolute Gasteiger partial charge is 0.266 e. The molecule has 1 aromatic carbocycles. The molecule has 24 heavy (non-hydrogen) atoms. The number of nitrogens with zero attached hydrogens (tertiary/aromatic N) is 1. The number of hydrogen-bond acceptors (Lipinski definition) is 3. The number of carbonyl (C=O) groups is 1. The van der Waals surface area contributed by atoms with Crippen molar-refractivity contribution >= 4 is 46.2 Å². The quantitative estimate of drug-likeness (QED) is 0.566. The molecule has 0 spiro atoms. The zero-order valence-electron chi connectivity index (χ0n) is 13.5. The van der Waals surface area contributed by atoms with Crippen LogP contribution in [-0.2, 0) is 12.8 Å². The van der Waals surface area contributed by atoms with Crippen molar-refractivity contribution in [1.29, 1.82) is 0 Å². The molecule has 0 radical (unpaired) electrons. The van der Waals surface area contributed by atoms with Crippen LogP contribution < -0.4 is 5.43 Å². The predicted octanol–water partition coefficient (Wildman–Crippen LogP) is 5.33. The van der Waals surface area contributed by atoms with Gasteiger partial charge in [0.1, 0.15) is 0 Å². The lowest BCUT2D eigenvalue weighted by Crippen LogP contribution is -2.18. The summed E-state index contributed by atoms with van der Waals surface area (Å²) >= 11 is 13.7. The first-order valence-corrected chi connectivity index (χ1v) is 9.43.